The van der Waals surface area contributed by atoms with Gasteiger partial charge in [0.1, 0.15) is 0 Å². The molecule has 3 aromatic rings. The monoisotopic (exact) mass is 385 g/mol. The van der Waals surface area contributed by atoms with Crippen LogP contribution in [0.3, 0.4) is 0 Å². The minimum Gasteiger partial charge on any atom is -0.325 e. The van der Waals surface area contributed by atoms with Gasteiger partial charge in [-0.1, -0.05) is 41.6 Å². The molecule has 2 heterocycles. The van der Waals surface area contributed by atoms with E-state index < -0.39 is 0 Å². The highest BCUT2D eigenvalue weighted by Crippen LogP contribution is 2.31. The zero-order valence-electron chi connectivity index (χ0n) is 13.3. The number of fused-ring (bicyclic) bond motifs is 1. The number of hydrogen-bond donors (Lipinski definition) is 1. The van der Waals surface area contributed by atoms with Crippen LogP contribution in [0, 0.1) is 0 Å². The van der Waals surface area contributed by atoms with Crippen molar-refractivity contribution >= 4 is 40.7 Å². The smallest absolute Gasteiger partial charge is 0.228 e. The predicted molar refractivity (Wildman–Crippen MR) is 98.0 cm³/mol. The molecule has 7 nitrogen and oxygen atoms in total. The Balaban J connectivity index is 1.52. The Kier molecular flexibility index (Phi) is 4.44. The number of amides is 1. The third-order valence-electron chi connectivity index (χ3n) is 3.89. The van der Waals surface area contributed by atoms with Crippen molar-refractivity contribution in [1.29, 1.82) is 0 Å². The van der Waals surface area contributed by atoms with Crippen molar-refractivity contribution in [1.82, 2.24) is 20.2 Å². The van der Waals surface area contributed by atoms with E-state index in [2.05, 4.69) is 20.8 Å². The molecule has 0 bridgehead atoms. The molecule has 26 heavy (non-hydrogen) atoms. The number of thioether (sulfide) groups is 1. The van der Waals surface area contributed by atoms with Crippen LogP contribution >= 0.6 is 23.4 Å². The highest BCUT2D eigenvalue weighted by Gasteiger charge is 2.22. The molecule has 1 N–H and O–H groups in total. The van der Waals surface area contributed by atoms with Crippen molar-refractivity contribution in [3.8, 4) is 5.69 Å². The molecule has 0 aliphatic carbocycles. The lowest BCUT2D eigenvalue weighted by Crippen LogP contribution is -2.06. The van der Waals surface area contributed by atoms with Gasteiger partial charge in [0.05, 0.1) is 22.9 Å². The second-order valence-electron chi connectivity index (χ2n) is 5.63. The molecule has 0 radical (unpaired) electrons. The zero-order chi connectivity index (χ0) is 18.1. The molecule has 1 aromatic heterocycles. The van der Waals surface area contributed by atoms with Gasteiger partial charge in [-0.25, -0.2) is 0 Å². The number of benzene rings is 2. The summed E-state index contributed by atoms with van der Waals surface area (Å²) in [5, 5.41) is 15.2. The maximum atomic E-state index is 12.6. The number of halogens is 1. The topological polar surface area (TPSA) is 89.8 Å². The summed E-state index contributed by atoms with van der Waals surface area (Å²) in [6.07, 6.45) is 0.256. The van der Waals surface area contributed by atoms with E-state index in [0.717, 1.165) is 11.3 Å². The number of nitrogens with one attached hydrogen (secondary N) is 1. The van der Waals surface area contributed by atoms with Crippen LogP contribution in [0.2, 0.25) is 5.02 Å². The number of rotatable bonds is 5. The largest absolute Gasteiger partial charge is 0.325 e. The minimum atomic E-state index is -0.148. The number of nitrogens with zero attached hydrogens (tertiary/aromatic N) is 4. The Hall–Kier alpha value is -2.71. The average Bonchev–Trinajstić information content (AvgIpc) is 3.25. The van der Waals surface area contributed by atoms with Crippen molar-refractivity contribution in [3.63, 3.8) is 0 Å². The van der Waals surface area contributed by atoms with Crippen LogP contribution in [0.15, 0.2) is 47.6 Å². The number of hydrogen-bond acceptors (Lipinski definition) is 6. The first-order chi connectivity index (χ1) is 12.6. The molecule has 130 valence electrons. The number of carbonyl (C=O) groups is 2. The number of Topliss-reactive ketones (excluding diaryl/α,β-unsaturated/α-hetero) is 1. The van der Waals surface area contributed by atoms with Gasteiger partial charge in [0, 0.05) is 11.3 Å². The lowest BCUT2D eigenvalue weighted by molar-refractivity contribution is -0.115. The van der Waals surface area contributed by atoms with Gasteiger partial charge in [-0.05, 0) is 40.3 Å². The van der Waals surface area contributed by atoms with Crippen molar-refractivity contribution in [3.05, 3.63) is 58.6 Å². The highest BCUT2D eigenvalue weighted by molar-refractivity contribution is 7.99. The summed E-state index contributed by atoms with van der Waals surface area (Å²) in [5.74, 6) is -0.116. The number of para-hydroxylation sites is 1. The number of anilines is 1. The Morgan fingerprint density at radius 2 is 2.08 bits per heavy atom. The lowest BCUT2D eigenvalue weighted by atomic mass is 10.1. The normalized spacial score (nSPS) is 12.7. The Labute approximate surface area is 157 Å². The van der Waals surface area contributed by atoms with E-state index in [4.69, 9.17) is 11.6 Å². The van der Waals surface area contributed by atoms with E-state index in [9.17, 15) is 9.59 Å². The second kappa shape index (κ2) is 6.89. The zero-order valence-corrected chi connectivity index (χ0v) is 14.9. The second-order valence-corrected chi connectivity index (χ2v) is 6.98. The molecule has 0 atom stereocenters. The molecular formula is C17H12ClN5O2S. The van der Waals surface area contributed by atoms with Crippen LogP contribution in [0.5, 0.6) is 0 Å². The SMILES string of the molecule is O=C1Cc2cc(C(=O)CSc3nnnn3-c3ccccc3)c(Cl)cc2N1. The van der Waals surface area contributed by atoms with E-state index >= 15 is 0 Å². The summed E-state index contributed by atoms with van der Waals surface area (Å²) in [6, 6.07) is 12.7. The van der Waals surface area contributed by atoms with Gasteiger partial charge >= 0.3 is 0 Å². The van der Waals surface area contributed by atoms with Gasteiger partial charge in [0.2, 0.25) is 11.1 Å². The first-order valence-electron chi connectivity index (χ1n) is 7.74. The summed E-state index contributed by atoms with van der Waals surface area (Å²) in [4.78, 5) is 24.1. The van der Waals surface area contributed by atoms with Gasteiger partial charge in [0.15, 0.2) is 5.78 Å². The molecule has 0 fully saturated rings. The molecule has 1 amide bonds. The van der Waals surface area contributed by atoms with Gasteiger partial charge in [-0.3, -0.25) is 9.59 Å². The molecule has 0 unspecified atom stereocenters. The third-order valence-corrected chi connectivity index (χ3v) is 5.12. The summed E-state index contributed by atoms with van der Waals surface area (Å²) in [7, 11) is 0. The molecule has 1 aliphatic rings. The quantitative estimate of drug-likeness (QED) is 0.536. The van der Waals surface area contributed by atoms with Crippen LogP contribution in [-0.4, -0.2) is 37.7 Å². The van der Waals surface area contributed by atoms with Gasteiger partial charge in [0.25, 0.3) is 0 Å². The fourth-order valence-corrected chi connectivity index (χ4v) is 3.71. The average molecular weight is 386 g/mol. The molecule has 0 saturated carbocycles. The number of ketones is 1. The minimum absolute atomic E-state index is 0.0999. The molecule has 2 aromatic carbocycles. The summed E-state index contributed by atoms with van der Waals surface area (Å²) in [6.45, 7) is 0. The van der Waals surface area contributed by atoms with E-state index in [1.807, 2.05) is 30.3 Å². The number of carbonyl (C=O) groups excluding carboxylic acids is 2. The van der Waals surface area contributed by atoms with Crippen LogP contribution in [0.4, 0.5) is 5.69 Å². The van der Waals surface area contributed by atoms with E-state index in [0.29, 0.717) is 21.4 Å². The van der Waals surface area contributed by atoms with E-state index in [1.54, 1.807) is 16.8 Å². The highest BCUT2D eigenvalue weighted by atomic mass is 35.5. The van der Waals surface area contributed by atoms with Crippen molar-refractivity contribution in [2.75, 3.05) is 11.1 Å². The van der Waals surface area contributed by atoms with Crippen molar-refractivity contribution in [2.24, 2.45) is 0 Å². The maximum Gasteiger partial charge on any atom is 0.228 e. The molecule has 0 saturated heterocycles. The fourth-order valence-electron chi connectivity index (χ4n) is 2.67. The molecular weight excluding hydrogens is 374 g/mol. The Morgan fingerprint density at radius 1 is 1.27 bits per heavy atom. The van der Waals surface area contributed by atoms with Crippen LogP contribution in [0.25, 0.3) is 5.69 Å². The summed E-state index contributed by atoms with van der Waals surface area (Å²) in [5.41, 5.74) is 2.65. The van der Waals surface area contributed by atoms with Crippen molar-refractivity contribution in [2.45, 2.75) is 11.6 Å². The van der Waals surface area contributed by atoms with Crippen LogP contribution < -0.4 is 5.32 Å². The molecule has 4 rings (SSSR count). The third kappa shape index (κ3) is 3.21. The lowest BCUT2D eigenvalue weighted by Gasteiger charge is -2.07. The first kappa shape index (κ1) is 16.7. The van der Waals surface area contributed by atoms with Gasteiger partial charge < -0.3 is 5.32 Å². The summed E-state index contributed by atoms with van der Waals surface area (Å²) >= 11 is 7.44. The number of aromatic nitrogens is 4. The summed E-state index contributed by atoms with van der Waals surface area (Å²) < 4.78 is 1.57. The van der Waals surface area contributed by atoms with E-state index in [-0.39, 0.29) is 23.9 Å². The van der Waals surface area contributed by atoms with E-state index in [1.165, 1.54) is 11.8 Å². The molecule has 0 spiro atoms. The maximum absolute atomic E-state index is 12.6. The van der Waals surface area contributed by atoms with Crippen molar-refractivity contribution < 1.29 is 9.59 Å². The predicted octanol–water partition coefficient (Wildman–Crippen LogP) is 2.79. The Bertz CT molecular complexity index is 1010. The van der Waals surface area contributed by atoms with Crippen LogP contribution in [-0.2, 0) is 11.2 Å². The number of tetrazole rings is 1. The van der Waals surface area contributed by atoms with Crippen LogP contribution in [0.1, 0.15) is 15.9 Å². The Morgan fingerprint density at radius 3 is 2.88 bits per heavy atom. The van der Waals surface area contributed by atoms with Gasteiger partial charge in [-0.2, -0.15) is 4.68 Å². The molecule has 9 heteroatoms. The molecule has 1 aliphatic heterocycles. The fraction of sp³-hybridized carbons (Fsp3) is 0.118. The standard InChI is InChI=1S/C17H12ClN5O2S/c18-13-8-14-10(7-16(25)19-14)6-12(13)15(24)9-26-17-20-21-22-23(17)11-4-2-1-3-5-11/h1-6,8H,7,9H2,(H,19,25). The first-order valence-corrected chi connectivity index (χ1v) is 9.10. The van der Waals surface area contributed by atoms with Gasteiger partial charge in [-0.15, -0.1) is 5.10 Å².